The first-order chi connectivity index (χ1) is 6.83. The smallest absolute Gasteiger partial charge is 0.0271 e. The highest BCUT2D eigenvalue weighted by atomic mass is 15.0. The summed E-state index contributed by atoms with van der Waals surface area (Å²) < 4.78 is 0. The van der Waals surface area contributed by atoms with Gasteiger partial charge in [0.05, 0.1) is 0 Å². The van der Waals surface area contributed by atoms with Crippen LogP contribution in [0.3, 0.4) is 0 Å². The molecular weight excluding hydrogens is 174 g/mol. The minimum atomic E-state index is 0.503. The number of likely N-dealkylation sites (N-methyl/N-ethyl adjacent to an activating group) is 1. The Morgan fingerprint density at radius 1 is 1.36 bits per heavy atom. The van der Waals surface area contributed by atoms with Crippen LogP contribution in [0.25, 0.3) is 0 Å². The lowest BCUT2D eigenvalue weighted by atomic mass is 10.2. The summed E-state index contributed by atoms with van der Waals surface area (Å²) in [6.07, 6.45) is 3.65. The summed E-state index contributed by atoms with van der Waals surface area (Å²) >= 11 is 0. The molecule has 0 amide bonds. The number of nitrogens with zero attached hydrogens (tertiary/aromatic N) is 1. The van der Waals surface area contributed by atoms with Gasteiger partial charge in [-0.25, -0.2) is 0 Å². The largest absolute Gasteiger partial charge is 0.315 e. The molecule has 0 saturated heterocycles. The van der Waals surface area contributed by atoms with Crippen molar-refractivity contribution in [3.63, 3.8) is 0 Å². The van der Waals surface area contributed by atoms with Gasteiger partial charge in [0.15, 0.2) is 0 Å². The Bertz CT molecular complexity index is 236. The van der Waals surface area contributed by atoms with Gasteiger partial charge in [-0.3, -0.25) is 4.98 Å². The van der Waals surface area contributed by atoms with Crippen molar-refractivity contribution >= 4 is 0 Å². The van der Waals surface area contributed by atoms with Gasteiger partial charge in [0, 0.05) is 31.5 Å². The van der Waals surface area contributed by atoms with Crippen LogP contribution in [0.2, 0.25) is 0 Å². The quantitative estimate of drug-likeness (QED) is 0.712. The van der Waals surface area contributed by atoms with Crippen molar-refractivity contribution in [3.05, 3.63) is 30.1 Å². The highest BCUT2D eigenvalue weighted by Crippen LogP contribution is 1.95. The standard InChI is InChI=1S/C11H19N3/c1-3-12-8-10(2)14-9-11-4-6-13-7-5-11/h4-7,10,12,14H,3,8-9H2,1-2H3. The van der Waals surface area contributed by atoms with Crippen LogP contribution in [0.15, 0.2) is 24.5 Å². The lowest BCUT2D eigenvalue weighted by molar-refractivity contribution is 0.509. The fourth-order valence-electron chi connectivity index (χ4n) is 1.23. The van der Waals surface area contributed by atoms with Crippen LogP contribution in [0.1, 0.15) is 19.4 Å². The molecule has 1 unspecified atom stereocenters. The molecule has 1 aromatic heterocycles. The molecular formula is C11H19N3. The molecule has 0 fully saturated rings. The van der Waals surface area contributed by atoms with Gasteiger partial charge in [0.2, 0.25) is 0 Å². The van der Waals surface area contributed by atoms with Crippen molar-refractivity contribution in [1.29, 1.82) is 0 Å². The molecule has 1 rings (SSSR count). The lowest BCUT2D eigenvalue weighted by Gasteiger charge is -2.13. The van der Waals surface area contributed by atoms with E-state index in [9.17, 15) is 0 Å². The molecule has 0 aliphatic rings. The van der Waals surface area contributed by atoms with Crippen molar-refractivity contribution in [3.8, 4) is 0 Å². The van der Waals surface area contributed by atoms with Crippen LogP contribution in [0.4, 0.5) is 0 Å². The minimum Gasteiger partial charge on any atom is -0.315 e. The molecule has 0 bridgehead atoms. The summed E-state index contributed by atoms with van der Waals surface area (Å²) in [5.41, 5.74) is 1.28. The van der Waals surface area contributed by atoms with E-state index in [0.717, 1.165) is 19.6 Å². The van der Waals surface area contributed by atoms with E-state index in [1.165, 1.54) is 5.56 Å². The summed E-state index contributed by atoms with van der Waals surface area (Å²) in [6.45, 7) is 7.26. The minimum absolute atomic E-state index is 0.503. The topological polar surface area (TPSA) is 37.0 Å². The molecule has 0 aliphatic carbocycles. The van der Waals surface area contributed by atoms with Crippen molar-refractivity contribution in [2.75, 3.05) is 13.1 Å². The third-order valence-corrected chi connectivity index (χ3v) is 2.10. The first-order valence-corrected chi connectivity index (χ1v) is 5.16. The van der Waals surface area contributed by atoms with Crippen LogP contribution in [0.5, 0.6) is 0 Å². The van der Waals surface area contributed by atoms with E-state index >= 15 is 0 Å². The van der Waals surface area contributed by atoms with E-state index in [1.54, 1.807) is 0 Å². The maximum absolute atomic E-state index is 3.98. The third-order valence-electron chi connectivity index (χ3n) is 2.10. The van der Waals surface area contributed by atoms with E-state index < -0.39 is 0 Å². The number of pyridine rings is 1. The van der Waals surface area contributed by atoms with Gasteiger partial charge in [-0.1, -0.05) is 6.92 Å². The average molecular weight is 193 g/mol. The predicted molar refractivity (Wildman–Crippen MR) is 59.1 cm³/mol. The average Bonchev–Trinajstić information content (AvgIpc) is 2.25. The summed E-state index contributed by atoms with van der Waals surface area (Å²) in [7, 11) is 0. The zero-order valence-corrected chi connectivity index (χ0v) is 8.96. The fraction of sp³-hybridized carbons (Fsp3) is 0.545. The Morgan fingerprint density at radius 3 is 2.71 bits per heavy atom. The molecule has 1 heterocycles. The van der Waals surface area contributed by atoms with Crippen molar-refractivity contribution in [1.82, 2.24) is 15.6 Å². The van der Waals surface area contributed by atoms with Crippen LogP contribution in [-0.4, -0.2) is 24.1 Å². The van der Waals surface area contributed by atoms with Crippen LogP contribution >= 0.6 is 0 Å². The van der Waals surface area contributed by atoms with Gasteiger partial charge in [-0.15, -0.1) is 0 Å². The van der Waals surface area contributed by atoms with Crippen molar-refractivity contribution in [2.45, 2.75) is 26.4 Å². The maximum Gasteiger partial charge on any atom is 0.0271 e. The molecule has 1 atom stereocenters. The summed E-state index contributed by atoms with van der Waals surface area (Å²) in [6, 6.07) is 4.57. The highest BCUT2D eigenvalue weighted by molar-refractivity contribution is 5.09. The monoisotopic (exact) mass is 193 g/mol. The Labute approximate surface area is 85.9 Å². The third kappa shape index (κ3) is 4.35. The molecule has 3 heteroatoms. The zero-order valence-electron chi connectivity index (χ0n) is 8.96. The van der Waals surface area contributed by atoms with Crippen LogP contribution < -0.4 is 10.6 Å². The molecule has 78 valence electrons. The molecule has 2 N–H and O–H groups in total. The number of hydrogen-bond donors (Lipinski definition) is 2. The molecule has 0 radical (unpaired) electrons. The van der Waals surface area contributed by atoms with Gasteiger partial charge in [0.25, 0.3) is 0 Å². The molecule has 0 spiro atoms. The first kappa shape index (κ1) is 11.1. The van der Waals surface area contributed by atoms with E-state index in [-0.39, 0.29) is 0 Å². The molecule has 1 aromatic rings. The summed E-state index contributed by atoms with van der Waals surface area (Å²) in [5, 5.41) is 6.75. The van der Waals surface area contributed by atoms with E-state index in [2.05, 4.69) is 29.5 Å². The number of rotatable bonds is 6. The first-order valence-electron chi connectivity index (χ1n) is 5.16. The molecule has 0 aromatic carbocycles. The predicted octanol–water partition coefficient (Wildman–Crippen LogP) is 1.17. The normalized spacial score (nSPS) is 12.7. The fourth-order valence-corrected chi connectivity index (χ4v) is 1.23. The number of hydrogen-bond acceptors (Lipinski definition) is 3. The Morgan fingerprint density at radius 2 is 2.07 bits per heavy atom. The second kappa shape index (κ2) is 6.51. The van der Waals surface area contributed by atoms with E-state index in [4.69, 9.17) is 0 Å². The lowest BCUT2D eigenvalue weighted by Crippen LogP contribution is -2.35. The second-order valence-corrected chi connectivity index (χ2v) is 3.45. The number of aromatic nitrogens is 1. The van der Waals surface area contributed by atoms with Crippen molar-refractivity contribution in [2.24, 2.45) is 0 Å². The zero-order chi connectivity index (χ0) is 10.2. The molecule has 0 saturated carbocycles. The van der Waals surface area contributed by atoms with Gasteiger partial charge in [0.1, 0.15) is 0 Å². The Balaban J connectivity index is 2.20. The Hall–Kier alpha value is -0.930. The molecule has 3 nitrogen and oxygen atoms in total. The van der Waals surface area contributed by atoms with Gasteiger partial charge in [-0.2, -0.15) is 0 Å². The van der Waals surface area contributed by atoms with Gasteiger partial charge < -0.3 is 10.6 Å². The number of nitrogens with one attached hydrogen (secondary N) is 2. The van der Waals surface area contributed by atoms with E-state index in [1.807, 2.05) is 24.5 Å². The van der Waals surface area contributed by atoms with E-state index in [0.29, 0.717) is 6.04 Å². The van der Waals surface area contributed by atoms with Gasteiger partial charge >= 0.3 is 0 Å². The summed E-state index contributed by atoms with van der Waals surface area (Å²) in [5.74, 6) is 0. The molecule has 14 heavy (non-hydrogen) atoms. The van der Waals surface area contributed by atoms with Gasteiger partial charge in [-0.05, 0) is 31.2 Å². The second-order valence-electron chi connectivity index (χ2n) is 3.45. The summed E-state index contributed by atoms with van der Waals surface area (Å²) in [4.78, 5) is 3.98. The molecule has 0 aliphatic heterocycles. The van der Waals surface area contributed by atoms with Crippen LogP contribution in [0, 0.1) is 0 Å². The maximum atomic E-state index is 3.98. The van der Waals surface area contributed by atoms with Crippen LogP contribution in [-0.2, 0) is 6.54 Å². The SMILES string of the molecule is CCNCC(C)NCc1ccncc1. The van der Waals surface area contributed by atoms with Crippen molar-refractivity contribution < 1.29 is 0 Å². The Kier molecular flexibility index (Phi) is 5.19. The highest BCUT2D eigenvalue weighted by Gasteiger charge is 1.99.